The number of alkyl halides is 3. The number of sulfonamides is 1. The Morgan fingerprint density at radius 3 is 2.33 bits per heavy atom. The third kappa shape index (κ3) is 5.69. The first-order valence-electron chi connectivity index (χ1n) is 10.3. The van der Waals surface area contributed by atoms with Gasteiger partial charge in [0.2, 0.25) is 5.78 Å². The minimum Gasteiger partial charge on any atom is -0.332 e. The number of nitrogens with one attached hydrogen (secondary N) is 2. The molecular weight excluding hydrogens is 535 g/mol. The highest BCUT2D eigenvalue weighted by atomic mass is 35.5. The number of rotatable bonds is 7. The van der Waals surface area contributed by atoms with Gasteiger partial charge < -0.3 is 5.32 Å². The molecule has 0 atom stereocenters. The van der Waals surface area contributed by atoms with Crippen molar-refractivity contribution in [1.82, 2.24) is 4.98 Å². The van der Waals surface area contributed by atoms with Crippen LogP contribution < -0.4 is 10.0 Å². The Hall–Kier alpha value is -3.41. The molecule has 186 valence electrons. The highest BCUT2D eigenvalue weighted by molar-refractivity contribution is 7.92. The van der Waals surface area contributed by atoms with Gasteiger partial charge in [-0.1, -0.05) is 47.2 Å². The third-order valence-electron chi connectivity index (χ3n) is 5.06. The number of benzene rings is 3. The number of anilines is 3. The standard InChI is InChI=1S/C24H17ClF3N3O3S2/c1-14-4-2-3-5-18(14)22(32)20-13-29-23(35-20)30-16-7-9-17(10-8-16)31-36(33,34)21-12-15(24(26,27)28)6-11-19(21)25/h2-13,31H,1H3,(H,29,30). The highest BCUT2D eigenvalue weighted by Crippen LogP contribution is 2.34. The molecule has 4 aromatic rings. The fourth-order valence-electron chi connectivity index (χ4n) is 3.24. The average Bonchev–Trinajstić information content (AvgIpc) is 3.28. The van der Waals surface area contributed by atoms with Crippen LogP contribution >= 0.6 is 22.9 Å². The molecule has 0 saturated carbocycles. The normalized spacial score (nSPS) is 11.8. The Labute approximate surface area is 213 Å². The summed E-state index contributed by atoms with van der Waals surface area (Å²) in [6.07, 6.45) is -3.24. The van der Waals surface area contributed by atoms with E-state index in [1.54, 1.807) is 24.3 Å². The second-order valence-electron chi connectivity index (χ2n) is 7.62. The molecule has 3 aromatic carbocycles. The fourth-order valence-corrected chi connectivity index (χ4v) is 5.61. The van der Waals surface area contributed by atoms with Crippen molar-refractivity contribution in [3.8, 4) is 0 Å². The zero-order valence-corrected chi connectivity index (χ0v) is 20.8. The van der Waals surface area contributed by atoms with Gasteiger partial charge in [0.15, 0.2) is 5.13 Å². The number of aromatic nitrogens is 1. The largest absolute Gasteiger partial charge is 0.416 e. The van der Waals surface area contributed by atoms with Crippen molar-refractivity contribution in [3.05, 3.63) is 99.5 Å². The van der Waals surface area contributed by atoms with Gasteiger partial charge in [-0.25, -0.2) is 13.4 Å². The van der Waals surface area contributed by atoms with Crippen LogP contribution in [0.3, 0.4) is 0 Å². The first-order valence-corrected chi connectivity index (χ1v) is 12.9. The molecule has 4 rings (SSSR count). The lowest BCUT2D eigenvalue weighted by Crippen LogP contribution is -2.15. The number of carbonyl (C=O) groups excluding carboxylic acids is 1. The van der Waals surface area contributed by atoms with Crippen LogP contribution in [0, 0.1) is 6.92 Å². The molecule has 36 heavy (non-hydrogen) atoms. The molecule has 1 aromatic heterocycles. The summed E-state index contributed by atoms with van der Waals surface area (Å²) in [4.78, 5) is 16.7. The Morgan fingerprint density at radius 2 is 1.67 bits per heavy atom. The van der Waals surface area contributed by atoms with Gasteiger partial charge >= 0.3 is 6.18 Å². The molecule has 0 unspecified atom stereocenters. The number of ketones is 1. The first kappa shape index (κ1) is 25.7. The van der Waals surface area contributed by atoms with E-state index in [0.29, 0.717) is 33.4 Å². The van der Waals surface area contributed by atoms with Gasteiger partial charge in [-0.15, -0.1) is 0 Å². The van der Waals surface area contributed by atoms with E-state index in [-0.39, 0.29) is 16.5 Å². The van der Waals surface area contributed by atoms with Crippen molar-refractivity contribution in [2.75, 3.05) is 10.0 Å². The number of carbonyl (C=O) groups is 1. The lowest BCUT2D eigenvalue weighted by atomic mass is 10.0. The number of halogens is 4. The molecule has 0 aliphatic rings. The number of hydrogen-bond donors (Lipinski definition) is 2. The van der Waals surface area contributed by atoms with Crippen LogP contribution in [-0.4, -0.2) is 19.2 Å². The van der Waals surface area contributed by atoms with Crippen molar-refractivity contribution in [3.63, 3.8) is 0 Å². The summed E-state index contributed by atoms with van der Waals surface area (Å²) in [5.41, 5.74) is 0.985. The predicted molar refractivity (Wildman–Crippen MR) is 134 cm³/mol. The predicted octanol–water partition coefficient (Wildman–Crippen LogP) is 6.90. The topological polar surface area (TPSA) is 88.2 Å². The third-order valence-corrected chi connectivity index (χ3v) is 7.83. The maximum atomic E-state index is 13.0. The Bertz CT molecular complexity index is 1540. The fraction of sp³-hybridized carbons (Fsp3) is 0.0833. The summed E-state index contributed by atoms with van der Waals surface area (Å²) in [6, 6.07) is 15.3. The number of aryl methyl sites for hydroxylation is 1. The molecule has 0 spiro atoms. The quantitative estimate of drug-likeness (QED) is 0.244. The summed E-state index contributed by atoms with van der Waals surface area (Å²) < 4.78 is 66.6. The van der Waals surface area contributed by atoms with E-state index in [2.05, 4.69) is 15.0 Å². The van der Waals surface area contributed by atoms with Gasteiger partial charge in [-0.2, -0.15) is 13.2 Å². The minimum atomic E-state index is -4.72. The summed E-state index contributed by atoms with van der Waals surface area (Å²) in [7, 11) is -4.38. The second kappa shape index (κ2) is 9.92. The van der Waals surface area contributed by atoms with Crippen molar-refractivity contribution in [2.24, 2.45) is 0 Å². The van der Waals surface area contributed by atoms with Crippen LogP contribution in [0.25, 0.3) is 0 Å². The molecule has 6 nitrogen and oxygen atoms in total. The Balaban J connectivity index is 1.47. The van der Waals surface area contributed by atoms with E-state index in [1.165, 1.54) is 29.7 Å². The Morgan fingerprint density at radius 1 is 1.00 bits per heavy atom. The lowest BCUT2D eigenvalue weighted by molar-refractivity contribution is -0.137. The molecule has 1 heterocycles. The molecule has 0 bridgehead atoms. The summed E-state index contributed by atoms with van der Waals surface area (Å²) in [5.74, 6) is -0.142. The summed E-state index contributed by atoms with van der Waals surface area (Å²) in [5, 5.41) is 3.15. The van der Waals surface area contributed by atoms with Crippen molar-refractivity contribution in [2.45, 2.75) is 18.0 Å². The number of nitrogens with zero attached hydrogens (tertiary/aromatic N) is 1. The molecule has 0 saturated heterocycles. The van der Waals surface area contributed by atoms with Crippen LogP contribution in [0.5, 0.6) is 0 Å². The van der Waals surface area contributed by atoms with Crippen LogP contribution in [0.15, 0.2) is 77.8 Å². The van der Waals surface area contributed by atoms with E-state index in [4.69, 9.17) is 11.6 Å². The lowest BCUT2D eigenvalue weighted by Gasteiger charge is -2.13. The van der Waals surface area contributed by atoms with Crippen LogP contribution in [0.4, 0.5) is 29.7 Å². The Kier molecular flexibility index (Phi) is 7.07. The van der Waals surface area contributed by atoms with Gasteiger partial charge in [0, 0.05) is 16.9 Å². The number of thiazole rings is 1. The molecule has 0 fully saturated rings. The van der Waals surface area contributed by atoms with Gasteiger partial charge in [0.25, 0.3) is 10.0 Å². The van der Waals surface area contributed by atoms with Crippen LogP contribution in [0.2, 0.25) is 5.02 Å². The van der Waals surface area contributed by atoms with Crippen molar-refractivity contribution in [1.29, 1.82) is 0 Å². The van der Waals surface area contributed by atoms with Gasteiger partial charge in [0.05, 0.1) is 21.7 Å². The van der Waals surface area contributed by atoms with Crippen LogP contribution in [0.1, 0.15) is 26.4 Å². The SMILES string of the molecule is Cc1ccccc1C(=O)c1cnc(Nc2ccc(NS(=O)(=O)c3cc(C(F)(F)F)ccc3Cl)cc2)s1. The van der Waals surface area contributed by atoms with Gasteiger partial charge in [-0.05, 0) is 55.0 Å². The van der Waals surface area contributed by atoms with E-state index < -0.39 is 26.7 Å². The summed E-state index contributed by atoms with van der Waals surface area (Å²) >= 11 is 7.02. The minimum absolute atomic E-state index is 0.114. The average molecular weight is 552 g/mol. The first-order chi connectivity index (χ1) is 16.9. The van der Waals surface area contributed by atoms with Crippen LogP contribution in [-0.2, 0) is 16.2 Å². The molecular formula is C24H17ClF3N3O3S2. The molecule has 0 amide bonds. The van der Waals surface area contributed by atoms with E-state index in [0.717, 1.165) is 11.6 Å². The zero-order chi connectivity index (χ0) is 26.1. The maximum Gasteiger partial charge on any atom is 0.416 e. The van der Waals surface area contributed by atoms with Gasteiger partial charge in [0.1, 0.15) is 4.90 Å². The highest BCUT2D eigenvalue weighted by Gasteiger charge is 2.32. The second-order valence-corrected chi connectivity index (χ2v) is 10.7. The van der Waals surface area contributed by atoms with Crippen molar-refractivity contribution >= 4 is 55.3 Å². The molecule has 2 N–H and O–H groups in total. The van der Waals surface area contributed by atoms with Gasteiger partial charge in [-0.3, -0.25) is 9.52 Å². The van der Waals surface area contributed by atoms with E-state index in [9.17, 15) is 26.4 Å². The molecule has 12 heteroatoms. The maximum absolute atomic E-state index is 13.0. The number of hydrogen-bond acceptors (Lipinski definition) is 6. The molecule has 0 radical (unpaired) electrons. The monoisotopic (exact) mass is 551 g/mol. The van der Waals surface area contributed by atoms with E-state index >= 15 is 0 Å². The smallest absolute Gasteiger partial charge is 0.332 e. The summed E-state index contributed by atoms with van der Waals surface area (Å²) in [6.45, 7) is 1.85. The molecule has 0 aliphatic carbocycles. The van der Waals surface area contributed by atoms with E-state index in [1.807, 2.05) is 19.1 Å². The molecule has 0 aliphatic heterocycles. The van der Waals surface area contributed by atoms with Crippen molar-refractivity contribution < 1.29 is 26.4 Å². The zero-order valence-electron chi connectivity index (χ0n) is 18.4.